The molecule has 0 saturated heterocycles. The number of hydrogen-bond donors (Lipinski definition) is 0. The van der Waals surface area contributed by atoms with E-state index in [4.69, 9.17) is 4.18 Å². The average molecular weight is 309 g/mol. The summed E-state index contributed by atoms with van der Waals surface area (Å²) < 4.78 is 29.8. The summed E-state index contributed by atoms with van der Waals surface area (Å²) in [4.78, 5) is 16.2. The minimum absolute atomic E-state index is 0.0479. The molecule has 0 amide bonds. The van der Waals surface area contributed by atoms with Crippen molar-refractivity contribution in [1.82, 2.24) is 4.98 Å². The summed E-state index contributed by atoms with van der Waals surface area (Å²) in [6.07, 6.45) is 3.51. The molecule has 0 N–H and O–H groups in total. The minimum atomic E-state index is -3.85. The second kappa shape index (κ2) is 4.53. The van der Waals surface area contributed by atoms with Gasteiger partial charge in [0.1, 0.15) is 5.78 Å². The zero-order valence-electron chi connectivity index (χ0n) is 12.2. The van der Waals surface area contributed by atoms with Crippen LogP contribution >= 0.6 is 0 Å². The number of fused-ring (bicyclic) bond motifs is 2. The van der Waals surface area contributed by atoms with Crippen molar-refractivity contribution in [2.24, 2.45) is 16.7 Å². The Labute approximate surface area is 124 Å². The quantitative estimate of drug-likeness (QED) is 0.797. The number of Topliss-reactive ketones (excluding diaryl/α,β-unsaturated/α-hetero) is 1. The fourth-order valence-corrected chi connectivity index (χ4v) is 5.66. The average Bonchev–Trinajstić information content (AvgIpc) is 2.72. The van der Waals surface area contributed by atoms with Crippen molar-refractivity contribution in [3.8, 4) is 5.88 Å². The highest BCUT2D eigenvalue weighted by Crippen LogP contribution is 2.64. The molecule has 0 radical (unpaired) electrons. The van der Waals surface area contributed by atoms with Crippen molar-refractivity contribution in [3.05, 3.63) is 24.4 Å². The maximum atomic E-state index is 12.4. The Bertz CT molecular complexity index is 668. The molecule has 1 aromatic heterocycles. The number of ketones is 1. The van der Waals surface area contributed by atoms with Crippen molar-refractivity contribution in [1.29, 1.82) is 0 Å². The molecule has 2 unspecified atom stereocenters. The minimum Gasteiger partial charge on any atom is -0.362 e. The third-order valence-corrected chi connectivity index (χ3v) is 6.68. The smallest absolute Gasteiger partial charge is 0.311 e. The van der Waals surface area contributed by atoms with Crippen molar-refractivity contribution in [2.75, 3.05) is 5.75 Å². The van der Waals surface area contributed by atoms with Crippen LogP contribution in [0.3, 0.4) is 0 Å². The van der Waals surface area contributed by atoms with Gasteiger partial charge in [0.15, 0.2) is 0 Å². The number of carbonyl (C=O) groups is 1. The Morgan fingerprint density at radius 1 is 1.38 bits per heavy atom. The van der Waals surface area contributed by atoms with Gasteiger partial charge in [-0.2, -0.15) is 8.42 Å². The zero-order chi connectivity index (χ0) is 15.3. The van der Waals surface area contributed by atoms with Crippen LogP contribution in [0, 0.1) is 16.7 Å². The lowest BCUT2D eigenvalue weighted by Crippen LogP contribution is -2.43. The first-order valence-electron chi connectivity index (χ1n) is 7.13. The third kappa shape index (κ3) is 2.16. The molecule has 114 valence electrons. The van der Waals surface area contributed by atoms with Crippen molar-refractivity contribution >= 4 is 15.9 Å². The van der Waals surface area contributed by atoms with Gasteiger partial charge in [0.25, 0.3) is 0 Å². The van der Waals surface area contributed by atoms with Gasteiger partial charge in [-0.05, 0) is 30.2 Å². The van der Waals surface area contributed by atoms with Gasteiger partial charge in [-0.3, -0.25) is 4.79 Å². The Balaban J connectivity index is 1.87. The summed E-state index contributed by atoms with van der Waals surface area (Å²) in [6.45, 7) is 4.01. The normalized spacial score (nSPS) is 30.6. The van der Waals surface area contributed by atoms with Crippen LogP contribution in [0.4, 0.5) is 0 Å². The van der Waals surface area contributed by atoms with E-state index in [1.54, 1.807) is 12.1 Å². The molecule has 0 spiro atoms. The molecule has 2 bridgehead atoms. The molecule has 2 saturated carbocycles. The van der Waals surface area contributed by atoms with Gasteiger partial charge < -0.3 is 4.18 Å². The van der Waals surface area contributed by atoms with Gasteiger partial charge in [-0.1, -0.05) is 19.9 Å². The van der Waals surface area contributed by atoms with Crippen LogP contribution in [0.25, 0.3) is 0 Å². The van der Waals surface area contributed by atoms with E-state index in [1.165, 1.54) is 12.3 Å². The maximum Gasteiger partial charge on any atom is 0.311 e. The molecule has 1 aromatic rings. The van der Waals surface area contributed by atoms with E-state index in [9.17, 15) is 13.2 Å². The summed E-state index contributed by atoms with van der Waals surface area (Å²) in [5.41, 5.74) is -1.09. The first kappa shape index (κ1) is 14.5. The number of pyridine rings is 1. The monoisotopic (exact) mass is 309 g/mol. The van der Waals surface area contributed by atoms with E-state index < -0.39 is 15.5 Å². The van der Waals surface area contributed by atoms with Gasteiger partial charge in [-0.25, -0.2) is 4.98 Å². The molecule has 5 nitrogen and oxygen atoms in total. The summed E-state index contributed by atoms with van der Waals surface area (Å²) in [5.74, 6) is 0.150. The van der Waals surface area contributed by atoms with Gasteiger partial charge in [-0.15, -0.1) is 0 Å². The fraction of sp³-hybridized carbons (Fsp3) is 0.600. The molecule has 21 heavy (non-hydrogen) atoms. The molecule has 2 aliphatic rings. The highest BCUT2D eigenvalue weighted by Gasteiger charge is 2.65. The van der Waals surface area contributed by atoms with E-state index in [0.29, 0.717) is 12.8 Å². The SMILES string of the molecule is CC1(C)C2CCC1(CS(=O)(=O)Oc1ccccn1)C(=O)C2. The molecular weight excluding hydrogens is 290 g/mol. The Hall–Kier alpha value is -1.43. The first-order chi connectivity index (χ1) is 9.77. The predicted octanol–water partition coefficient (Wildman–Crippen LogP) is 2.19. The third-order valence-electron chi connectivity index (χ3n) is 5.41. The first-order valence-corrected chi connectivity index (χ1v) is 8.71. The van der Waals surface area contributed by atoms with Gasteiger partial charge in [0, 0.05) is 18.7 Å². The lowest BCUT2D eigenvalue weighted by molar-refractivity contribution is -0.128. The van der Waals surface area contributed by atoms with E-state index in [2.05, 4.69) is 4.98 Å². The van der Waals surface area contributed by atoms with Crippen LogP contribution in [0.5, 0.6) is 5.88 Å². The van der Waals surface area contributed by atoms with Crippen LogP contribution in [0.2, 0.25) is 0 Å². The summed E-state index contributed by atoms with van der Waals surface area (Å²) in [5, 5.41) is 0. The van der Waals surface area contributed by atoms with E-state index >= 15 is 0 Å². The van der Waals surface area contributed by atoms with Crippen LogP contribution in [0.1, 0.15) is 33.1 Å². The molecule has 2 fully saturated rings. The number of nitrogens with zero attached hydrogens (tertiary/aromatic N) is 1. The molecule has 0 aliphatic heterocycles. The number of aromatic nitrogens is 1. The van der Waals surface area contributed by atoms with Crippen molar-refractivity contribution < 1.29 is 17.4 Å². The summed E-state index contributed by atoms with van der Waals surface area (Å²) in [7, 11) is -3.85. The standard InChI is InChI=1S/C15H19NO4S/c1-14(2)11-6-7-15(14,12(17)9-11)10-21(18,19)20-13-5-3-4-8-16-13/h3-5,8,11H,6-7,9-10H2,1-2H3. The molecule has 0 aromatic carbocycles. The Morgan fingerprint density at radius 2 is 2.14 bits per heavy atom. The highest BCUT2D eigenvalue weighted by atomic mass is 32.2. The second-order valence-corrected chi connectivity index (χ2v) is 8.19. The lowest BCUT2D eigenvalue weighted by atomic mass is 9.70. The van der Waals surface area contributed by atoms with Crippen molar-refractivity contribution in [3.63, 3.8) is 0 Å². The van der Waals surface area contributed by atoms with Crippen LogP contribution in [-0.4, -0.2) is 24.9 Å². The topological polar surface area (TPSA) is 73.3 Å². The Kier molecular flexibility index (Phi) is 3.13. The second-order valence-electron chi connectivity index (χ2n) is 6.62. The van der Waals surface area contributed by atoms with Crippen molar-refractivity contribution in [2.45, 2.75) is 33.1 Å². The molecule has 1 heterocycles. The van der Waals surface area contributed by atoms with Gasteiger partial charge in [0.2, 0.25) is 5.88 Å². The van der Waals surface area contributed by atoms with E-state index in [1.807, 2.05) is 13.8 Å². The molecule has 2 aliphatic carbocycles. The van der Waals surface area contributed by atoms with Crippen LogP contribution in [0.15, 0.2) is 24.4 Å². The van der Waals surface area contributed by atoms with E-state index in [-0.39, 0.29) is 28.7 Å². The highest BCUT2D eigenvalue weighted by molar-refractivity contribution is 7.87. The number of carbonyl (C=O) groups excluding carboxylic acids is 1. The van der Waals surface area contributed by atoms with E-state index in [0.717, 1.165) is 6.42 Å². The molecular formula is C15H19NO4S. The lowest BCUT2D eigenvalue weighted by Gasteiger charge is -2.35. The largest absolute Gasteiger partial charge is 0.362 e. The number of rotatable bonds is 4. The van der Waals surface area contributed by atoms with Crippen LogP contribution < -0.4 is 4.18 Å². The molecule has 3 rings (SSSR count). The molecule has 6 heteroatoms. The summed E-state index contributed by atoms with van der Waals surface area (Å²) >= 11 is 0. The van der Waals surface area contributed by atoms with Gasteiger partial charge >= 0.3 is 10.1 Å². The predicted molar refractivity (Wildman–Crippen MR) is 77.2 cm³/mol. The summed E-state index contributed by atoms with van der Waals surface area (Å²) in [6, 6.07) is 4.84. The molecule has 2 atom stereocenters. The zero-order valence-corrected chi connectivity index (χ0v) is 13.0. The van der Waals surface area contributed by atoms with Crippen LogP contribution in [-0.2, 0) is 14.9 Å². The number of hydrogen-bond acceptors (Lipinski definition) is 5. The fourth-order valence-electron chi connectivity index (χ4n) is 3.97. The maximum absolute atomic E-state index is 12.4. The Morgan fingerprint density at radius 3 is 2.67 bits per heavy atom. The van der Waals surface area contributed by atoms with Gasteiger partial charge in [0.05, 0.1) is 11.2 Å².